The molecule has 0 aliphatic heterocycles. The number of fused-ring (bicyclic) bond motifs is 12. The van der Waals surface area contributed by atoms with E-state index in [1.165, 1.54) is 16.3 Å². The summed E-state index contributed by atoms with van der Waals surface area (Å²) in [6, 6.07) is 53.4. The van der Waals surface area contributed by atoms with Gasteiger partial charge in [-0.2, -0.15) is 6.07 Å². The molecule has 0 fully saturated rings. The van der Waals surface area contributed by atoms with Crippen LogP contribution in [0.15, 0.2) is 152 Å². The van der Waals surface area contributed by atoms with E-state index in [2.05, 4.69) is 134 Å². The number of pyridine rings is 2. The van der Waals surface area contributed by atoms with E-state index in [1.54, 1.807) is 0 Å². The number of hydrogen-bond donors (Lipinski definition) is 0. The van der Waals surface area contributed by atoms with Crippen molar-refractivity contribution in [3.63, 3.8) is 0 Å². The van der Waals surface area contributed by atoms with Gasteiger partial charge in [0.25, 0.3) is 0 Å². The summed E-state index contributed by atoms with van der Waals surface area (Å²) in [5, 5.41) is 7.72. The van der Waals surface area contributed by atoms with Crippen LogP contribution in [0.25, 0.3) is 82.4 Å². The van der Waals surface area contributed by atoms with E-state index in [9.17, 15) is 0 Å². The monoisotopic (exact) mass is 834 g/mol. The summed E-state index contributed by atoms with van der Waals surface area (Å²) in [7, 11) is 0. The fourth-order valence-electron chi connectivity index (χ4n) is 7.67. The van der Waals surface area contributed by atoms with Crippen molar-refractivity contribution in [2.45, 2.75) is 0 Å². The van der Waals surface area contributed by atoms with Gasteiger partial charge in [-0.15, -0.1) is 29.7 Å². The van der Waals surface area contributed by atoms with E-state index >= 15 is 0 Å². The van der Waals surface area contributed by atoms with Gasteiger partial charge in [0.15, 0.2) is 0 Å². The number of benzene rings is 6. The molecule has 5 heterocycles. The Balaban J connectivity index is 0.00000327. The van der Waals surface area contributed by atoms with Crippen LogP contribution in [0.2, 0.25) is 0 Å². The first kappa shape index (κ1) is 29.7. The van der Waals surface area contributed by atoms with E-state index in [0.717, 1.165) is 66.2 Å². The van der Waals surface area contributed by atoms with Crippen LogP contribution in [-0.2, 0) is 21.1 Å². The third-order valence-electron chi connectivity index (χ3n) is 9.79. The first-order chi connectivity index (χ1) is 24.8. The van der Waals surface area contributed by atoms with Crippen molar-refractivity contribution in [1.82, 2.24) is 23.5 Å². The SMILES string of the molecule is [Pt+2].[c-]1c(Oc2[c-]c3c(cc2)c2ccccc2n3-c2ccccn2)ccc2c1c1nccn1c1cc3c4ccccc4n(-c4ccccc4)c3cc21. The predicted molar refractivity (Wildman–Crippen MR) is 201 cm³/mol. The summed E-state index contributed by atoms with van der Waals surface area (Å²) in [5.41, 5.74) is 7.35. The average Bonchev–Trinajstić information content (AvgIpc) is 3.88. The number of rotatable bonds is 4. The van der Waals surface area contributed by atoms with Crippen molar-refractivity contribution in [2.75, 3.05) is 0 Å². The third-order valence-corrected chi connectivity index (χ3v) is 9.79. The summed E-state index contributed by atoms with van der Waals surface area (Å²) >= 11 is 0. The van der Waals surface area contributed by atoms with E-state index < -0.39 is 0 Å². The number of hydrogen-bond acceptors (Lipinski definition) is 3. The molecule has 0 atom stereocenters. The summed E-state index contributed by atoms with van der Waals surface area (Å²) in [6.07, 6.45) is 5.69. The second-order valence-electron chi connectivity index (χ2n) is 12.5. The normalized spacial score (nSPS) is 11.8. The average molecular weight is 835 g/mol. The van der Waals surface area contributed by atoms with Crippen LogP contribution in [0.4, 0.5) is 0 Å². The first-order valence-corrected chi connectivity index (χ1v) is 16.6. The van der Waals surface area contributed by atoms with Gasteiger partial charge in [-0.3, -0.25) is 4.98 Å². The van der Waals surface area contributed by atoms with Crippen molar-refractivity contribution in [3.8, 4) is 23.0 Å². The first-order valence-electron chi connectivity index (χ1n) is 16.6. The molecule has 0 radical (unpaired) electrons. The van der Waals surface area contributed by atoms with Crippen LogP contribution >= 0.6 is 0 Å². The number of imidazole rings is 1. The number of ether oxygens (including phenoxy) is 1. The van der Waals surface area contributed by atoms with E-state index in [1.807, 2.05) is 48.9 Å². The smallest absolute Gasteiger partial charge is 0.503 e. The zero-order valence-corrected chi connectivity index (χ0v) is 29.2. The second-order valence-corrected chi connectivity index (χ2v) is 12.5. The van der Waals surface area contributed by atoms with E-state index in [0.29, 0.717) is 11.5 Å². The second kappa shape index (κ2) is 11.4. The number of para-hydroxylation sites is 3. The van der Waals surface area contributed by atoms with Crippen LogP contribution in [0.3, 0.4) is 0 Å². The number of nitrogens with zero attached hydrogens (tertiary/aromatic N) is 5. The molecule has 0 unspecified atom stereocenters. The third kappa shape index (κ3) is 4.40. The summed E-state index contributed by atoms with van der Waals surface area (Å²) in [6.45, 7) is 0. The van der Waals surface area contributed by atoms with Crippen LogP contribution in [0, 0.1) is 12.1 Å². The van der Waals surface area contributed by atoms with Gasteiger partial charge in [-0.25, -0.2) is 4.98 Å². The molecule has 5 aromatic heterocycles. The zero-order valence-electron chi connectivity index (χ0n) is 26.9. The van der Waals surface area contributed by atoms with Gasteiger partial charge in [-0.1, -0.05) is 83.0 Å². The molecule has 6 aromatic carbocycles. The molecule has 0 bridgehead atoms. The molecule has 0 N–H and O–H groups in total. The molecule has 51 heavy (non-hydrogen) atoms. The molecule has 0 spiro atoms. The van der Waals surface area contributed by atoms with Crippen molar-refractivity contribution >= 4 is 70.9 Å². The minimum absolute atomic E-state index is 0. The van der Waals surface area contributed by atoms with Crippen LogP contribution < -0.4 is 4.74 Å². The van der Waals surface area contributed by atoms with E-state index in [4.69, 9.17) is 9.72 Å². The quantitative estimate of drug-likeness (QED) is 0.131. The molecule has 242 valence electrons. The van der Waals surface area contributed by atoms with Gasteiger partial charge in [-0.05, 0) is 59.3 Å². The summed E-state index contributed by atoms with van der Waals surface area (Å²) < 4.78 is 13.2. The zero-order chi connectivity index (χ0) is 32.8. The van der Waals surface area contributed by atoms with Crippen molar-refractivity contribution in [1.29, 1.82) is 0 Å². The Bertz CT molecular complexity index is 3130. The van der Waals surface area contributed by atoms with Crippen molar-refractivity contribution < 1.29 is 25.8 Å². The Kier molecular flexibility index (Phi) is 6.64. The summed E-state index contributed by atoms with van der Waals surface area (Å²) in [5.74, 6) is 2.03. The predicted octanol–water partition coefficient (Wildman–Crippen LogP) is 10.6. The maximum absolute atomic E-state index is 6.52. The Labute approximate surface area is 306 Å². The van der Waals surface area contributed by atoms with Gasteiger partial charge in [0.2, 0.25) is 0 Å². The fourth-order valence-corrected chi connectivity index (χ4v) is 7.67. The maximum Gasteiger partial charge on any atom is 2.00 e. The Morgan fingerprint density at radius 3 is 1.96 bits per heavy atom. The maximum atomic E-state index is 6.52. The van der Waals surface area contributed by atoms with Gasteiger partial charge in [0.05, 0.1) is 16.7 Å². The molecule has 0 aliphatic carbocycles. The number of aromatic nitrogens is 5. The summed E-state index contributed by atoms with van der Waals surface area (Å²) in [4.78, 5) is 9.46. The molecule has 0 amide bonds. The molecule has 7 heteroatoms. The van der Waals surface area contributed by atoms with Crippen LogP contribution in [0.1, 0.15) is 0 Å². The largest absolute Gasteiger partial charge is 2.00 e. The van der Waals surface area contributed by atoms with Crippen molar-refractivity contribution in [3.05, 3.63) is 164 Å². The standard InChI is InChI=1S/C44H25N5O.Pt/c1-2-10-28(11-3-1)48-38-14-6-5-13-33(38)36-26-40-35(27-42(36)48)31-19-17-29(24-37(31)44-46-22-23-47(40)44)50-30-18-20-34-32-12-4-7-15-39(32)49(41(34)25-30)43-16-8-9-21-45-43;/h1-23,26-27H;/q-2;+2. The Morgan fingerprint density at radius 2 is 1.16 bits per heavy atom. The molecule has 11 aromatic rings. The molecule has 0 saturated heterocycles. The van der Waals surface area contributed by atoms with Gasteiger partial charge in [0.1, 0.15) is 5.82 Å². The van der Waals surface area contributed by atoms with Gasteiger partial charge < -0.3 is 18.3 Å². The van der Waals surface area contributed by atoms with Crippen LogP contribution in [-0.4, -0.2) is 23.5 Å². The topological polar surface area (TPSA) is 49.3 Å². The Hall–Kier alpha value is -6.23. The Morgan fingerprint density at radius 1 is 0.490 bits per heavy atom. The molecular formula is C44H25N5OPt. The minimum atomic E-state index is 0. The molecule has 6 nitrogen and oxygen atoms in total. The van der Waals surface area contributed by atoms with Crippen molar-refractivity contribution in [2.24, 2.45) is 0 Å². The molecule has 11 rings (SSSR count). The van der Waals surface area contributed by atoms with E-state index in [-0.39, 0.29) is 21.1 Å². The minimum Gasteiger partial charge on any atom is -0.503 e. The molecule has 0 saturated carbocycles. The van der Waals surface area contributed by atoms with Crippen LogP contribution in [0.5, 0.6) is 11.5 Å². The molecular weight excluding hydrogens is 810 g/mol. The molecule has 0 aliphatic rings. The fraction of sp³-hybridized carbons (Fsp3) is 0. The van der Waals surface area contributed by atoms with Gasteiger partial charge >= 0.3 is 21.1 Å². The van der Waals surface area contributed by atoms with Gasteiger partial charge in [0, 0.05) is 57.6 Å².